The Kier molecular flexibility index (Phi) is 5.89. The molecule has 5 nitrogen and oxygen atoms in total. The Morgan fingerprint density at radius 2 is 2.15 bits per heavy atom. The maximum Gasteiger partial charge on any atom is 0.252 e. The SMILES string of the molecule is Cc1cccc(C(C)C)c1Nc1ccc(C(=O)NCC2CCCO2)cn1. The van der Waals surface area contributed by atoms with Crippen LogP contribution in [0.15, 0.2) is 36.5 Å². The van der Waals surface area contributed by atoms with E-state index in [0.717, 1.165) is 31.0 Å². The van der Waals surface area contributed by atoms with E-state index >= 15 is 0 Å². The van der Waals surface area contributed by atoms with Gasteiger partial charge in [-0.3, -0.25) is 4.79 Å². The van der Waals surface area contributed by atoms with E-state index in [9.17, 15) is 4.79 Å². The summed E-state index contributed by atoms with van der Waals surface area (Å²) in [6.07, 6.45) is 3.83. The molecule has 0 spiro atoms. The lowest BCUT2D eigenvalue weighted by Crippen LogP contribution is -2.31. The van der Waals surface area contributed by atoms with Gasteiger partial charge in [-0.05, 0) is 48.9 Å². The number of aromatic nitrogens is 1. The molecular weight excluding hydrogens is 326 g/mol. The highest BCUT2D eigenvalue weighted by molar-refractivity contribution is 5.94. The predicted molar refractivity (Wildman–Crippen MR) is 104 cm³/mol. The number of anilines is 2. The fourth-order valence-corrected chi connectivity index (χ4v) is 3.19. The molecule has 2 heterocycles. The summed E-state index contributed by atoms with van der Waals surface area (Å²) in [5.74, 6) is 1.04. The maximum atomic E-state index is 12.2. The number of carbonyl (C=O) groups is 1. The topological polar surface area (TPSA) is 63.2 Å². The number of pyridine rings is 1. The summed E-state index contributed by atoms with van der Waals surface area (Å²) in [6.45, 7) is 7.78. The van der Waals surface area contributed by atoms with Crippen molar-refractivity contribution in [3.63, 3.8) is 0 Å². The van der Waals surface area contributed by atoms with Gasteiger partial charge in [0, 0.05) is 25.0 Å². The van der Waals surface area contributed by atoms with Gasteiger partial charge in [0.1, 0.15) is 5.82 Å². The number of para-hydroxylation sites is 1. The average molecular weight is 353 g/mol. The zero-order chi connectivity index (χ0) is 18.5. The molecule has 1 aliphatic rings. The molecule has 26 heavy (non-hydrogen) atoms. The quantitative estimate of drug-likeness (QED) is 0.818. The van der Waals surface area contributed by atoms with Crippen molar-refractivity contribution in [3.05, 3.63) is 53.2 Å². The summed E-state index contributed by atoms with van der Waals surface area (Å²) in [4.78, 5) is 16.7. The minimum absolute atomic E-state index is 0.113. The summed E-state index contributed by atoms with van der Waals surface area (Å²) >= 11 is 0. The van der Waals surface area contributed by atoms with E-state index in [1.807, 2.05) is 6.07 Å². The van der Waals surface area contributed by atoms with Crippen molar-refractivity contribution in [1.82, 2.24) is 10.3 Å². The summed E-state index contributed by atoms with van der Waals surface area (Å²) in [5, 5.41) is 6.32. The Labute approximate surface area is 155 Å². The van der Waals surface area contributed by atoms with Gasteiger partial charge in [0.05, 0.1) is 11.7 Å². The van der Waals surface area contributed by atoms with Crippen molar-refractivity contribution in [3.8, 4) is 0 Å². The molecule has 1 aromatic heterocycles. The van der Waals surface area contributed by atoms with E-state index in [4.69, 9.17) is 4.74 Å². The van der Waals surface area contributed by atoms with Crippen LogP contribution < -0.4 is 10.6 Å². The third kappa shape index (κ3) is 4.41. The Bertz CT molecular complexity index is 750. The van der Waals surface area contributed by atoms with Crippen LogP contribution in [0.4, 0.5) is 11.5 Å². The maximum absolute atomic E-state index is 12.2. The lowest BCUT2D eigenvalue weighted by molar-refractivity contribution is 0.0857. The van der Waals surface area contributed by atoms with Crippen LogP contribution >= 0.6 is 0 Å². The predicted octanol–water partition coefficient (Wildman–Crippen LogP) is 4.17. The molecule has 1 aromatic carbocycles. The second-order valence-electron chi connectivity index (χ2n) is 7.10. The van der Waals surface area contributed by atoms with E-state index < -0.39 is 0 Å². The van der Waals surface area contributed by atoms with Crippen LogP contribution in [0.2, 0.25) is 0 Å². The third-order valence-electron chi connectivity index (χ3n) is 4.72. The number of benzene rings is 1. The summed E-state index contributed by atoms with van der Waals surface area (Å²) in [6, 6.07) is 9.93. The van der Waals surface area contributed by atoms with E-state index in [-0.39, 0.29) is 12.0 Å². The zero-order valence-electron chi connectivity index (χ0n) is 15.7. The number of rotatable bonds is 6. The molecule has 2 N–H and O–H groups in total. The van der Waals surface area contributed by atoms with Gasteiger partial charge in [-0.2, -0.15) is 0 Å². The van der Waals surface area contributed by atoms with E-state index in [1.165, 1.54) is 11.1 Å². The lowest BCUT2D eigenvalue weighted by atomic mass is 9.98. The zero-order valence-corrected chi connectivity index (χ0v) is 15.7. The number of aryl methyl sites for hydroxylation is 1. The summed E-state index contributed by atoms with van der Waals surface area (Å²) in [7, 11) is 0. The summed E-state index contributed by atoms with van der Waals surface area (Å²) in [5.41, 5.74) is 4.08. The molecule has 0 bridgehead atoms. The first-order valence-corrected chi connectivity index (χ1v) is 9.27. The van der Waals surface area contributed by atoms with Gasteiger partial charge in [-0.1, -0.05) is 32.0 Å². The monoisotopic (exact) mass is 353 g/mol. The number of ether oxygens (including phenoxy) is 1. The molecule has 0 radical (unpaired) electrons. The van der Waals surface area contributed by atoms with Crippen LogP contribution in [0.5, 0.6) is 0 Å². The van der Waals surface area contributed by atoms with Gasteiger partial charge in [-0.15, -0.1) is 0 Å². The van der Waals surface area contributed by atoms with Gasteiger partial charge >= 0.3 is 0 Å². The highest BCUT2D eigenvalue weighted by Gasteiger charge is 2.17. The van der Waals surface area contributed by atoms with Crippen molar-refractivity contribution >= 4 is 17.4 Å². The second-order valence-corrected chi connectivity index (χ2v) is 7.10. The second kappa shape index (κ2) is 8.32. The van der Waals surface area contributed by atoms with E-state index in [1.54, 1.807) is 12.3 Å². The molecule has 1 aliphatic heterocycles. The Morgan fingerprint density at radius 1 is 1.31 bits per heavy atom. The molecule has 1 saturated heterocycles. The molecule has 2 aromatic rings. The average Bonchev–Trinajstić information content (AvgIpc) is 3.15. The minimum atomic E-state index is -0.113. The lowest BCUT2D eigenvalue weighted by Gasteiger charge is -2.17. The highest BCUT2D eigenvalue weighted by Crippen LogP contribution is 2.29. The normalized spacial score (nSPS) is 16.7. The molecule has 1 fully saturated rings. The molecule has 1 amide bonds. The molecule has 5 heteroatoms. The third-order valence-corrected chi connectivity index (χ3v) is 4.72. The molecule has 0 saturated carbocycles. The fourth-order valence-electron chi connectivity index (χ4n) is 3.19. The van der Waals surface area contributed by atoms with Crippen LogP contribution in [-0.2, 0) is 4.74 Å². The van der Waals surface area contributed by atoms with Crippen molar-refractivity contribution in [2.45, 2.75) is 45.6 Å². The smallest absolute Gasteiger partial charge is 0.252 e. The number of amides is 1. The first kappa shape index (κ1) is 18.4. The first-order chi connectivity index (χ1) is 12.5. The van der Waals surface area contributed by atoms with Gasteiger partial charge in [0.2, 0.25) is 0 Å². The van der Waals surface area contributed by atoms with Crippen LogP contribution in [0.25, 0.3) is 0 Å². The van der Waals surface area contributed by atoms with Crippen molar-refractivity contribution in [2.75, 3.05) is 18.5 Å². The Hall–Kier alpha value is -2.40. The van der Waals surface area contributed by atoms with Crippen LogP contribution in [0, 0.1) is 6.92 Å². The number of carbonyl (C=O) groups excluding carboxylic acids is 1. The molecule has 1 atom stereocenters. The van der Waals surface area contributed by atoms with Crippen molar-refractivity contribution < 1.29 is 9.53 Å². The molecular formula is C21H27N3O2. The standard InChI is InChI=1S/C21H27N3O2/c1-14(2)18-8-4-6-15(3)20(18)24-19-10-9-16(12-22-19)21(25)23-13-17-7-5-11-26-17/h4,6,8-10,12,14,17H,5,7,11,13H2,1-3H3,(H,22,24)(H,23,25). The summed E-state index contributed by atoms with van der Waals surface area (Å²) < 4.78 is 5.53. The van der Waals surface area contributed by atoms with Crippen LogP contribution in [-0.4, -0.2) is 30.1 Å². The number of hydrogen-bond acceptors (Lipinski definition) is 4. The first-order valence-electron chi connectivity index (χ1n) is 9.27. The van der Waals surface area contributed by atoms with E-state index in [0.29, 0.717) is 18.0 Å². The van der Waals surface area contributed by atoms with Gasteiger partial charge < -0.3 is 15.4 Å². The molecule has 3 rings (SSSR count). The highest BCUT2D eigenvalue weighted by atomic mass is 16.5. The molecule has 0 aliphatic carbocycles. The Balaban J connectivity index is 1.65. The minimum Gasteiger partial charge on any atom is -0.376 e. The van der Waals surface area contributed by atoms with E-state index in [2.05, 4.69) is 54.6 Å². The molecule has 138 valence electrons. The number of nitrogens with one attached hydrogen (secondary N) is 2. The van der Waals surface area contributed by atoms with Crippen LogP contribution in [0.1, 0.15) is 54.1 Å². The van der Waals surface area contributed by atoms with Crippen LogP contribution in [0.3, 0.4) is 0 Å². The van der Waals surface area contributed by atoms with Crippen molar-refractivity contribution in [1.29, 1.82) is 0 Å². The fraction of sp³-hybridized carbons (Fsp3) is 0.429. The van der Waals surface area contributed by atoms with Gasteiger partial charge in [-0.25, -0.2) is 4.98 Å². The Morgan fingerprint density at radius 3 is 2.81 bits per heavy atom. The number of nitrogens with zero attached hydrogens (tertiary/aromatic N) is 1. The number of hydrogen-bond donors (Lipinski definition) is 2. The van der Waals surface area contributed by atoms with Gasteiger partial charge in [0.25, 0.3) is 5.91 Å². The van der Waals surface area contributed by atoms with Gasteiger partial charge in [0.15, 0.2) is 0 Å². The molecule has 1 unspecified atom stereocenters. The van der Waals surface area contributed by atoms with Crippen molar-refractivity contribution in [2.24, 2.45) is 0 Å². The largest absolute Gasteiger partial charge is 0.376 e.